The van der Waals surface area contributed by atoms with E-state index in [-0.39, 0.29) is 23.2 Å². The summed E-state index contributed by atoms with van der Waals surface area (Å²) < 4.78 is 24.9. The minimum absolute atomic E-state index is 0.209. The van der Waals surface area contributed by atoms with Crippen molar-refractivity contribution in [2.24, 2.45) is 0 Å². The molecule has 1 saturated heterocycles. The Hall–Kier alpha value is -3.39. The second-order valence-electron chi connectivity index (χ2n) is 8.06. The zero-order valence-corrected chi connectivity index (χ0v) is 18.4. The number of hydrogen-bond donors (Lipinski definition) is 1. The summed E-state index contributed by atoms with van der Waals surface area (Å²) in [4.78, 5) is 29.2. The van der Waals surface area contributed by atoms with Gasteiger partial charge < -0.3 is 24.3 Å². The van der Waals surface area contributed by atoms with Crippen LogP contribution >= 0.6 is 0 Å². The van der Waals surface area contributed by atoms with Crippen LogP contribution in [0, 0.1) is 5.82 Å². The van der Waals surface area contributed by atoms with Gasteiger partial charge in [-0.25, -0.2) is 4.39 Å². The highest BCUT2D eigenvalue weighted by Crippen LogP contribution is 2.30. The lowest BCUT2D eigenvalue weighted by Gasteiger charge is -2.27. The number of fused-ring (bicyclic) bond motifs is 1. The van der Waals surface area contributed by atoms with E-state index in [2.05, 4.69) is 5.32 Å². The van der Waals surface area contributed by atoms with E-state index in [0.29, 0.717) is 60.0 Å². The van der Waals surface area contributed by atoms with E-state index in [0.717, 1.165) is 0 Å². The van der Waals surface area contributed by atoms with Gasteiger partial charge in [0, 0.05) is 50.1 Å². The zero-order valence-electron chi connectivity index (χ0n) is 18.4. The fourth-order valence-electron chi connectivity index (χ4n) is 3.79. The Labute approximate surface area is 185 Å². The number of benzene rings is 2. The Kier molecular flexibility index (Phi) is 6.14. The van der Waals surface area contributed by atoms with Gasteiger partial charge in [0.25, 0.3) is 5.91 Å². The van der Waals surface area contributed by atoms with Crippen molar-refractivity contribution < 1.29 is 18.3 Å². The Morgan fingerprint density at radius 3 is 2.47 bits per heavy atom. The molecule has 1 amide bonds. The van der Waals surface area contributed by atoms with Gasteiger partial charge in [-0.3, -0.25) is 9.59 Å². The first-order valence-corrected chi connectivity index (χ1v) is 10.5. The smallest absolute Gasteiger partial charge is 0.253 e. The lowest BCUT2D eigenvalue weighted by atomic mass is 10.00. The van der Waals surface area contributed by atoms with Gasteiger partial charge in [-0.15, -0.1) is 0 Å². The number of carbonyl (C=O) groups is 1. The molecule has 1 aliphatic heterocycles. The molecule has 0 saturated carbocycles. The fourth-order valence-corrected chi connectivity index (χ4v) is 3.79. The number of anilines is 2. The van der Waals surface area contributed by atoms with Gasteiger partial charge in [-0.2, -0.15) is 0 Å². The molecule has 4 rings (SSSR count). The molecule has 2 heterocycles. The monoisotopic (exact) mass is 439 g/mol. The van der Waals surface area contributed by atoms with Crippen molar-refractivity contribution in [2.75, 3.05) is 50.6 Å². The van der Waals surface area contributed by atoms with E-state index in [1.807, 2.05) is 11.8 Å². The molecule has 2 aromatic carbocycles. The first kappa shape index (κ1) is 21.8. The molecule has 32 heavy (non-hydrogen) atoms. The molecule has 0 aliphatic carbocycles. The number of carbonyl (C=O) groups excluding carboxylic acids is 1. The number of amides is 1. The Balaban J connectivity index is 1.83. The van der Waals surface area contributed by atoms with Crippen LogP contribution in [0.2, 0.25) is 0 Å². The molecule has 7 nitrogen and oxygen atoms in total. The molecule has 1 N–H and O–H groups in total. The van der Waals surface area contributed by atoms with E-state index in [9.17, 15) is 14.0 Å². The van der Waals surface area contributed by atoms with Crippen LogP contribution in [-0.4, -0.2) is 51.2 Å². The third kappa shape index (κ3) is 4.45. The first-order chi connectivity index (χ1) is 15.3. The SMILES string of the molecule is C[C@@H](Nc1ccc(F)cc1)c1cc(C(=O)N(C)C)cc2c(=O)cc(N3CCOCC3)oc12. The number of ether oxygens (including phenoxy) is 1. The normalized spacial score (nSPS) is 14.9. The van der Waals surface area contributed by atoms with Gasteiger partial charge >= 0.3 is 0 Å². The molecule has 168 valence electrons. The lowest BCUT2D eigenvalue weighted by molar-refractivity contribution is 0.0827. The van der Waals surface area contributed by atoms with Gasteiger partial charge in [0.1, 0.15) is 11.4 Å². The van der Waals surface area contributed by atoms with E-state index >= 15 is 0 Å². The second-order valence-corrected chi connectivity index (χ2v) is 8.06. The maximum Gasteiger partial charge on any atom is 0.253 e. The summed E-state index contributed by atoms with van der Waals surface area (Å²) in [5.41, 5.74) is 2.00. The van der Waals surface area contributed by atoms with Gasteiger partial charge in [0.2, 0.25) is 0 Å². The third-order valence-electron chi connectivity index (χ3n) is 5.51. The zero-order chi connectivity index (χ0) is 22.8. The van der Waals surface area contributed by atoms with Gasteiger partial charge in [0.15, 0.2) is 11.3 Å². The van der Waals surface area contributed by atoms with Crippen molar-refractivity contribution in [3.63, 3.8) is 0 Å². The Morgan fingerprint density at radius 2 is 1.81 bits per heavy atom. The first-order valence-electron chi connectivity index (χ1n) is 10.5. The van der Waals surface area contributed by atoms with Gasteiger partial charge in [0.05, 0.1) is 24.6 Å². The number of halogens is 1. The highest BCUT2D eigenvalue weighted by Gasteiger charge is 2.22. The molecular weight excluding hydrogens is 413 g/mol. The molecule has 8 heteroatoms. The predicted octanol–water partition coefficient (Wildman–Crippen LogP) is 3.64. The van der Waals surface area contributed by atoms with Crippen LogP contribution in [-0.2, 0) is 4.74 Å². The molecule has 1 aromatic heterocycles. The molecule has 3 aromatic rings. The van der Waals surface area contributed by atoms with Crippen LogP contribution in [0.4, 0.5) is 16.0 Å². The molecule has 0 radical (unpaired) electrons. The predicted molar refractivity (Wildman–Crippen MR) is 122 cm³/mol. The van der Waals surface area contributed by atoms with Crippen molar-refractivity contribution in [3.8, 4) is 0 Å². The highest BCUT2D eigenvalue weighted by atomic mass is 19.1. The number of nitrogens with zero attached hydrogens (tertiary/aromatic N) is 2. The average Bonchev–Trinajstić information content (AvgIpc) is 2.80. The summed E-state index contributed by atoms with van der Waals surface area (Å²) in [5.74, 6) is -0.0557. The molecule has 1 atom stereocenters. The van der Waals surface area contributed by atoms with Crippen molar-refractivity contribution in [1.29, 1.82) is 0 Å². The summed E-state index contributed by atoms with van der Waals surface area (Å²) in [6.45, 7) is 4.29. The summed E-state index contributed by atoms with van der Waals surface area (Å²) in [6, 6.07) is 10.5. The van der Waals surface area contributed by atoms with Crippen LogP contribution in [0.5, 0.6) is 0 Å². The Morgan fingerprint density at radius 1 is 1.12 bits per heavy atom. The van der Waals surface area contributed by atoms with Crippen molar-refractivity contribution in [3.05, 3.63) is 69.6 Å². The third-order valence-corrected chi connectivity index (χ3v) is 5.51. The number of hydrogen-bond acceptors (Lipinski definition) is 6. The van der Waals surface area contributed by atoms with E-state index < -0.39 is 0 Å². The average molecular weight is 439 g/mol. The van der Waals surface area contributed by atoms with Crippen molar-refractivity contribution >= 4 is 28.4 Å². The standard InChI is InChI=1S/C24H26FN3O4/c1-15(26-18-6-4-17(25)5-7-18)19-12-16(24(30)27(2)3)13-20-21(29)14-22(32-23(19)20)28-8-10-31-11-9-28/h4-7,12-15,26H,8-11H2,1-3H3/t15-/m1/s1. The molecule has 0 bridgehead atoms. The summed E-state index contributed by atoms with van der Waals surface area (Å²) in [6.07, 6.45) is 0. The van der Waals surface area contributed by atoms with Crippen LogP contribution in [0.25, 0.3) is 11.0 Å². The molecule has 1 aliphatic rings. The largest absolute Gasteiger partial charge is 0.440 e. The van der Waals surface area contributed by atoms with Gasteiger partial charge in [-0.05, 0) is 43.3 Å². The number of nitrogens with one attached hydrogen (secondary N) is 1. The maximum absolute atomic E-state index is 13.3. The van der Waals surface area contributed by atoms with E-state index in [4.69, 9.17) is 9.15 Å². The van der Waals surface area contributed by atoms with E-state index in [1.165, 1.54) is 23.1 Å². The minimum Gasteiger partial charge on any atom is -0.440 e. The fraction of sp³-hybridized carbons (Fsp3) is 0.333. The van der Waals surface area contributed by atoms with Crippen LogP contribution in [0.3, 0.4) is 0 Å². The van der Waals surface area contributed by atoms with Crippen LogP contribution < -0.4 is 15.6 Å². The van der Waals surface area contributed by atoms with Crippen molar-refractivity contribution in [2.45, 2.75) is 13.0 Å². The highest BCUT2D eigenvalue weighted by molar-refractivity contribution is 5.98. The topological polar surface area (TPSA) is 75.0 Å². The van der Waals surface area contributed by atoms with Gasteiger partial charge in [-0.1, -0.05) is 0 Å². The summed E-state index contributed by atoms with van der Waals surface area (Å²) in [5, 5.41) is 3.65. The molecule has 1 fully saturated rings. The van der Waals surface area contributed by atoms with Crippen molar-refractivity contribution in [1.82, 2.24) is 4.90 Å². The van der Waals surface area contributed by atoms with Crippen LogP contribution in [0.1, 0.15) is 28.9 Å². The number of rotatable bonds is 5. The molecular formula is C24H26FN3O4. The number of morpholine rings is 1. The van der Waals surface area contributed by atoms with Crippen LogP contribution in [0.15, 0.2) is 51.7 Å². The Bertz CT molecular complexity index is 1180. The van der Waals surface area contributed by atoms with E-state index in [1.54, 1.807) is 38.4 Å². The molecule has 0 spiro atoms. The summed E-state index contributed by atoms with van der Waals surface area (Å²) >= 11 is 0. The minimum atomic E-state index is -0.326. The quantitative estimate of drug-likeness (QED) is 0.654. The summed E-state index contributed by atoms with van der Waals surface area (Å²) in [7, 11) is 3.33. The molecule has 0 unspecified atom stereocenters. The second kappa shape index (κ2) is 9.00. The maximum atomic E-state index is 13.3. The lowest BCUT2D eigenvalue weighted by Crippen LogP contribution is -2.36.